The number of benzene rings is 2. The van der Waals surface area contributed by atoms with E-state index in [1.165, 1.54) is 5.69 Å². The number of amides is 1. The quantitative estimate of drug-likeness (QED) is 0.832. The summed E-state index contributed by atoms with van der Waals surface area (Å²) in [6.45, 7) is 6.20. The predicted molar refractivity (Wildman–Crippen MR) is 106 cm³/mol. The van der Waals surface area contributed by atoms with Crippen molar-refractivity contribution in [3.8, 4) is 0 Å². The van der Waals surface area contributed by atoms with Crippen LogP contribution in [0.3, 0.4) is 0 Å². The van der Waals surface area contributed by atoms with Crippen LogP contribution in [0.25, 0.3) is 0 Å². The van der Waals surface area contributed by atoms with E-state index in [0.717, 1.165) is 36.2 Å². The van der Waals surface area contributed by atoms with Gasteiger partial charge in [-0.2, -0.15) is 0 Å². The second kappa shape index (κ2) is 8.50. The van der Waals surface area contributed by atoms with E-state index in [1.807, 2.05) is 37.3 Å². The Morgan fingerprint density at radius 2 is 1.68 bits per heavy atom. The SMILES string of the molecule is C[C@H](NC(=O)CN1CCN(c2ccccc2)CC1)c1ccccc1Br. The molecule has 2 aromatic carbocycles. The summed E-state index contributed by atoms with van der Waals surface area (Å²) in [5.41, 5.74) is 2.36. The topological polar surface area (TPSA) is 35.6 Å². The molecule has 25 heavy (non-hydrogen) atoms. The number of nitrogens with zero attached hydrogens (tertiary/aromatic N) is 2. The standard InChI is InChI=1S/C20H24BrN3O/c1-16(18-9-5-6-10-19(18)21)22-20(25)15-23-11-13-24(14-12-23)17-7-3-2-4-8-17/h2-10,16H,11-15H2,1H3,(H,22,25)/t16-/m0/s1. The lowest BCUT2D eigenvalue weighted by Gasteiger charge is -2.35. The van der Waals surface area contributed by atoms with Crippen LogP contribution in [-0.4, -0.2) is 43.5 Å². The van der Waals surface area contributed by atoms with Gasteiger partial charge in [0, 0.05) is 36.3 Å². The minimum atomic E-state index is -0.00585. The highest BCUT2D eigenvalue weighted by atomic mass is 79.9. The zero-order valence-corrected chi connectivity index (χ0v) is 16.1. The Labute approximate surface area is 158 Å². The van der Waals surface area contributed by atoms with Crippen molar-refractivity contribution in [2.45, 2.75) is 13.0 Å². The maximum absolute atomic E-state index is 12.4. The minimum Gasteiger partial charge on any atom is -0.369 e. The number of anilines is 1. The Bertz CT molecular complexity index is 699. The van der Waals surface area contributed by atoms with Crippen LogP contribution in [0.2, 0.25) is 0 Å². The summed E-state index contributed by atoms with van der Waals surface area (Å²) in [4.78, 5) is 17.0. The van der Waals surface area contributed by atoms with Crippen molar-refractivity contribution in [1.82, 2.24) is 10.2 Å². The molecule has 0 radical (unpaired) electrons. The van der Waals surface area contributed by atoms with Gasteiger partial charge < -0.3 is 10.2 Å². The van der Waals surface area contributed by atoms with Crippen molar-refractivity contribution in [3.05, 3.63) is 64.6 Å². The summed E-state index contributed by atoms with van der Waals surface area (Å²) in [6, 6.07) is 18.5. The van der Waals surface area contributed by atoms with E-state index in [1.54, 1.807) is 0 Å². The van der Waals surface area contributed by atoms with Crippen molar-refractivity contribution in [1.29, 1.82) is 0 Å². The molecule has 0 aromatic heterocycles. The van der Waals surface area contributed by atoms with Crippen LogP contribution in [0.15, 0.2) is 59.1 Å². The third-order valence-corrected chi connectivity index (χ3v) is 5.33. The number of hydrogen-bond acceptors (Lipinski definition) is 3. The average Bonchev–Trinajstić information content (AvgIpc) is 2.63. The average molecular weight is 402 g/mol. The molecule has 1 N–H and O–H groups in total. The molecule has 1 aliphatic heterocycles. The highest BCUT2D eigenvalue weighted by Gasteiger charge is 2.20. The van der Waals surface area contributed by atoms with E-state index in [9.17, 15) is 4.79 Å². The lowest BCUT2D eigenvalue weighted by molar-refractivity contribution is -0.123. The Hall–Kier alpha value is -1.85. The number of para-hydroxylation sites is 1. The van der Waals surface area contributed by atoms with Crippen LogP contribution in [0, 0.1) is 0 Å². The van der Waals surface area contributed by atoms with Crippen LogP contribution in [0.4, 0.5) is 5.69 Å². The summed E-state index contributed by atoms with van der Waals surface area (Å²) in [7, 11) is 0. The van der Waals surface area contributed by atoms with E-state index in [0.29, 0.717) is 6.54 Å². The maximum Gasteiger partial charge on any atom is 0.234 e. The third-order valence-electron chi connectivity index (χ3n) is 4.61. The van der Waals surface area contributed by atoms with Crippen LogP contribution in [0.1, 0.15) is 18.5 Å². The molecule has 4 nitrogen and oxygen atoms in total. The third kappa shape index (κ3) is 4.83. The maximum atomic E-state index is 12.4. The van der Waals surface area contributed by atoms with Gasteiger partial charge in [-0.15, -0.1) is 0 Å². The number of piperazine rings is 1. The molecule has 5 heteroatoms. The summed E-state index contributed by atoms with van der Waals surface area (Å²) >= 11 is 3.55. The second-order valence-corrected chi connectivity index (χ2v) is 7.26. The van der Waals surface area contributed by atoms with E-state index in [2.05, 4.69) is 55.3 Å². The van der Waals surface area contributed by atoms with Crippen molar-refractivity contribution < 1.29 is 4.79 Å². The normalized spacial score (nSPS) is 16.5. The summed E-state index contributed by atoms with van der Waals surface area (Å²) in [6.07, 6.45) is 0. The molecule has 132 valence electrons. The number of nitrogens with one attached hydrogen (secondary N) is 1. The molecule has 1 fully saturated rings. The molecule has 1 heterocycles. The fourth-order valence-electron chi connectivity index (χ4n) is 3.20. The monoisotopic (exact) mass is 401 g/mol. The molecule has 0 saturated carbocycles. The molecule has 1 aliphatic rings. The first-order valence-corrected chi connectivity index (χ1v) is 9.49. The molecule has 3 rings (SSSR count). The number of halogens is 1. The number of carbonyl (C=O) groups excluding carboxylic acids is 1. The fraction of sp³-hybridized carbons (Fsp3) is 0.350. The van der Waals surface area contributed by atoms with Gasteiger partial charge in [-0.3, -0.25) is 9.69 Å². The van der Waals surface area contributed by atoms with Crippen molar-refractivity contribution in [2.24, 2.45) is 0 Å². The van der Waals surface area contributed by atoms with Crippen LogP contribution < -0.4 is 10.2 Å². The first-order chi connectivity index (χ1) is 12.1. The van der Waals surface area contributed by atoms with Crippen molar-refractivity contribution in [2.75, 3.05) is 37.6 Å². The lowest BCUT2D eigenvalue weighted by atomic mass is 10.1. The molecule has 0 unspecified atom stereocenters. The summed E-state index contributed by atoms with van der Waals surface area (Å²) in [5, 5.41) is 3.10. The fourth-order valence-corrected chi connectivity index (χ4v) is 3.83. The molecule has 1 atom stereocenters. The van der Waals surface area contributed by atoms with Gasteiger partial charge in [0.2, 0.25) is 5.91 Å². The molecule has 2 aromatic rings. The second-order valence-electron chi connectivity index (χ2n) is 6.41. The highest BCUT2D eigenvalue weighted by Crippen LogP contribution is 2.22. The lowest BCUT2D eigenvalue weighted by Crippen LogP contribution is -2.49. The molecule has 1 amide bonds. The zero-order chi connectivity index (χ0) is 17.6. The van der Waals surface area contributed by atoms with E-state index >= 15 is 0 Å². The van der Waals surface area contributed by atoms with E-state index in [-0.39, 0.29) is 11.9 Å². The van der Waals surface area contributed by atoms with Crippen LogP contribution >= 0.6 is 15.9 Å². The van der Waals surface area contributed by atoms with Gasteiger partial charge in [0.1, 0.15) is 0 Å². The summed E-state index contributed by atoms with van der Waals surface area (Å²) in [5.74, 6) is 0.0800. The molecular weight excluding hydrogens is 378 g/mol. The summed E-state index contributed by atoms with van der Waals surface area (Å²) < 4.78 is 1.03. The van der Waals surface area contributed by atoms with Gasteiger partial charge in [0.25, 0.3) is 0 Å². The van der Waals surface area contributed by atoms with Gasteiger partial charge in [-0.1, -0.05) is 52.3 Å². The Balaban J connectivity index is 1.47. The van der Waals surface area contributed by atoms with Gasteiger partial charge in [0.05, 0.1) is 12.6 Å². The number of rotatable bonds is 5. The Kier molecular flexibility index (Phi) is 6.10. The Morgan fingerprint density at radius 3 is 2.36 bits per heavy atom. The smallest absolute Gasteiger partial charge is 0.234 e. The van der Waals surface area contributed by atoms with Crippen LogP contribution in [0.5, 0.6) is 0 Å². The van der Waals surface area contributed by atoms with Gasteiger partial charge >= 0.3 is 0 Å². The van der Waals surface area contributed by atoms with Crippen molar-refractivity contribution >= 4 is 27.5 Å². The number of hydrogen-bond donors (Lipinski definition) is 1. The predicted octanol–water partition coefficient (Wildman–Crippen LogP) is 3.45. The van der Waals surface area contributed by atoms with Gasteiger partial charge in [0.15, 0.2) is 0 Å². The zero-order valence-electron chi connectivity index (χ0n) is 14.5. The Morgan fingerprint density at radius 1 is 1.04 bits per heavy atom. The largest absolute Gasteiger partial charge is 0.369 e. The minimum absolute atomic E-state index is 0.00585. The van der Waals surface area contributed by atoms with Gasteiger partial charge in [-0.05, 0) is 30.7 Å². The van der Waals surface area contributed by atoms with E-state index in [4.69, 9.17) is 0 Å². The molecule has 1 saturated heterocycles. The van der Waals surface area contributed by atoms with E-state index < -0.39 is 0 Å². The molecule has 0 spiro atoms. The first kappa shape index (κ1) is 18.0. The highest BCUT2D eigenvalue weighted by molar-refractivity contribution is 9.10. The van der Waals surface area contributed by atoms with Crippen molar-refractivity contribution in [3.63, 3.8) is 0 Å². The van der Waals surface area contributed by atoms with Gasteiger partial charge in [-0.25, -0.2) is 0 Å². The number of carbonyl (C=O) groups is 1. The van der Waals surface area contributed by atoms with Crippen LogP contribution in [-0.2, 0) is 4.79 Å². The first-order valence-electron chi connectivity index (χ1n) is 8.69. The molecular formula is C20H24BrN3O. The molecule has 0 bridgehead atoms. The molecule has 0 aliphatic carbocycles.